The third-order valence-corrected chi connectivity index (χ3v) is 2.21. The lowest BCUT2D eigenvalue weighted by Gasteiger charge is -2.08. The molecule has 0 aliphatic heterocycles. The van der Waals surface area contributed by atoms with E-state index in [0.717, 1.165) is 0 Å². The number of nitrogens with one attached hydrogen (secondary N) is 1. The Hall–Kier alpha value is -2.28. The Kier molecular flexibility index (Phi) is 5.62. The lowest BCUT2D eigenvalue weighted by atomic mass is 10.2. The summed E-state index contributed by atoms with van der Waals surface area (Å²) in [6.07, 6.45) is 0. The summed E-state index contributed by atoms with van der Waals surface area (Å²) in [6.45, 7) is -0.203. The number of ether oxygens (including phenoxy) is 2. The fourth-order valence-corrected chi connectivity index (χ4v) is 1.32. The maximum absolute atomic E-state index is 11.7. The van der Waals surface area contributed by atoms with E-state index in [9.17, 15) is 14.7 Å². The zero-order chi connectivity index (χ0) is 14.3. The number of benzene rings is 1. The lowest BCUT2D eigenvalue weighted by molar-refractivity contribution is -0.142. The quantitative estimate of drug-likeness (QED) is 0.612. The number of rotatable bonds is 7. The summed E-state index contributed by atoms with van der Waals surface area (Å²) in [4.78, 5) is 21.9. The van der Waals surface area contributed by atoms with Gasteiger partial charge < -0.3 is 25.0 Å². The summed E-state index contributed by atoms with van der Waals surface area (Å²) < 4.78 is 9.70. The monoisotopic (exact) mass is 269 g/mol. The highest BCUT2D eigenvalue weighted by Gasteiger charge is 2.11. The van der Waals surface area contributed by atoms with Crippen LogP contribution < -0.4 is 10.1 Å². The van der Waals surface area contributed by atoms with Crippen LogP contribution in [0.25, 0.3) is 0 Å². The van der Waals surface area contributed by atoms with Gasteiger partial charge in [-0.05, 0) is 18.2 Å². The van der Waals surface area contributed by atoms with Crippen molar-refractivity contribution in [2.75, 3.05) is 26.9 Å². The second-order valence-electron chi connectivity index (χ2n) is 3.59. The van der Waals surface area contributed by atoms with Crippen molar-refractivity contribution >= 4 is 11.9 Å². The van der Waals surface area contributed by atoms with E-state index in [1.165, 1.54) is 25.3 Å². The van der Waals surface area contributed by atoms with Crippen LogP contribution in [0.4, 0.5) is 0 Å². The summed E-state index contributed by atoms with van der Waals surface area (Å²) in [7, 11) is 1.45. The largest absolute Gasteiger partial charge is 0.507 e. The molecule has 0 aliphatic carbocycles. The van der Waals surface area contributed by atoms with Crippen LogP contribution in [0.3, 0.4) is 0 Å². The van der Waals surface area contributed by atoms with Crippen molar-refractivity contribution < 1.29 is 29.3 Å². The minimum atomic E-state index is -1.07. The van der Waals surface area contributed by atoms with E-state index in [0.29, 0.717) is 5.75 Å². The molecule has 19 heavy (non-hydrogen) atoms. The predicted molar refractivity (Wildman–Crippen MR) is 65.4 cm³/mol. The van der Waals surface area contributed by atoms with Crippen molar-refractivity contribution in [1.82, 2.24) is 5.32 Å². The summed E-state index contributed by atoms with van der Waals surface area (Å²) in [5.41, 5.74) is 0.0811. The van der Waals surface area contributed by atoms with Crippen molar-refractivity contribution in [2.24, 2.45) is 0 Å². The van der Waals surface area contributed by atoms with E-state index in [-0.39, 0.29) is 24.5 Å². The normalized spacial score (nSPS) is 9.95. The molecule has 1 aromatic rings. The average molecular weight is 269 g/mol. The van der Waals surface area contributed by atoms with Crippen LogP contribution in [0.15, 0.2) is 18.2 Å². The van der Waals surface area contributed by atoms with E-state index in [1.807, 2.05) is 0 Å². The SMILES string of the molecule is COc1ccc(O)c(C(=O)NCCOCC(=O)O)c1. The molecule has 0 aliphatic rings. The molecule has 1 amide bonds. The van der Waals surface area contributed by atoms with Gasteiger partial charge in [0.1, 0.15) is 18.1 Å². The standard InChI is InChI=1S/C12H15NO6/c1-18-8-2-3-10(14)9(6-8)12(17)13-4-5-19-7-11(15)16/h2-3,6,14H,4-5,7H2,1H3,(H,13,17)(H,15,16). The Bertz CT molecular complexity index is 460. The topological polar surface area (TPSA) is 105 Å². The number of phenols is 1. The maximum atomic E-state index is 11.7. The smallest absolute Gasteiger partial charge is 0.329 e. The van der Waals surface area contributed by atoms with Crippen LogP contribution in [-0.4, -0.2) is 49.0 Å². The number of carboxylic acid groups (broad SMARTS) is 1. The number of aromatic hydroxyl groups is 1. The number of aliphatic carboxylic acids is 1. The molecule has 0 unspecified atom stereocenters. The van der Waals surface area contributed by atoms with Gasteiger partial charge in [-0.2, -0.15) is 0 Å². The van der Waals surface area contributed by atoms with Crippen molar-refractivity contribution in [2.45, 2.75) is 0 Å². The molecule has 0 radical (unpaired) electrons. The molecule has 0 heterocycles. The van der Waals surface area contributed by atoms with E-state index < -0.39 is 18.5 Å². The molecule has 0 saturated carbocycles. The predicted octanol–water partition coefficient (Wildman–Crippen LogP) is 0.232. The first kappa shape index (κ1) is 14.8. The maximum Gasteiger partial charge on any atom is 0.329 e. The highest BCUT2D eigenvalue weighted by atomic mass is 16.5. The van der Waals surface area contributed by atoms with Crippen LogP contribution in [0.5, 0.6) is 11.5 Å². The van der Waals surface area contributed by atoms with Gasteiger partial charge in [-0.1, -0.05) is 0 Å². The number of phenolic OH excluding ortho intramolecular Hbond substituents is 1. The number of methoxy groups -OCH3 is 1. The van der Waals surface area contributed by atoms with Crippen molar-refractivity contribution in [3.05, 3.63) is 23.8 Å². The van der Waals surface area contributed by atoms with E-state index >= 15 is 0 Å². The van der Waals surface area contributed by atoms with Crippen LogP contribution in [0, 0.1) is 0 Å². The number of hydrogen-bond acceptors (Lipinski definition) is 5. The van der Waals surface area contributed by atoms with Crippen LogP contribution in [0.1, 0.15) is 10.4 Å². The van der Waals surface area contributed by atoms with Gasteiger partial charge >= 0.3 is 5.97 Å². The molecular weight excluding hydrogens is 254 g/mol. The fraction of sp³-hybridized carbons (Fsp3) is 0.333. The minimum Gasteiger partial charge on any atom is -0.507 e. The molecule has 0 aromatic heterocycles. The van der Waals surface area contributed by atoms with Gasteiger partial charge in [-0.3, -0.25) is 4.79 Å². The highest BCUT2D eigenvalue weighted by molar-refractivity contribution is 5.97. The molecular formula is C12H15NO6. The molecule has 0 spiro atoms. The van der Waals surface area contributed by atoms with Gasteiger partial charge in [0.2, 0.25) is 0 Å². The van der Waals surface area contributed by atoms with Crippen LogP contribution in [-0.2, 0) is 9.53 Å². The van der Waals surface area contributed by atoms with E-state index in [4.69, 9.17) is 14.6 Å². The lowest BCUT2D eigenvalue weighted by Crippen LogP contribution is -2.28. The minimum absolute atomic E-state index is 0.0722. The Balaban J connectivity index is 2.47. The number of amides is 1. The fourth-order valence-electron chi connectivity index (χ4n) is 1.32. The molecule has 0 fully saturated rings. The first-order valence-corrected chi connectivity index (χ1v) is 5.49. The van der Waals surface area contributed by atoms with Gasteiger partial charge in [0.05, 0.1) is 19.3 Å². The molecule has 0 bridgehead atoms. The van der Waals surface area contributed by atoms with Gasteiger partial charge in [0, 0.05) is 6.54 Å². The molecule has 0 saturated heterocycles. The van der Waals surface area contributed by atoms with Gasteiger partial charge in [-0.25, -0.2) is 4.79 Å². The summed E-state index contributed by atoms with van der Waals surface area (Å²) >= 11 is 0. The first-order valence-electron chi connectivity index (χ1n) is 5.49. The molecule has 0 atom stereocenters. The molecule has 7 heteroatoms. The van der Waals surface area contributed by atoms with Crippen LogP contribution >= 0.6 is 0 Å². The summed E-state index contributed by atoms with van der Waals surface area (Å²) in [5.74, 6) is -1.28. The molecule has 1 rings (SSSR count). The zero-order valence-electron chi connectivity index (χ0n) is 10.4. The summed E-state index contributed by atoms with van der Waals surface area (Å²) in [5, 5.41) is 20.4. The van der Waals surface area contributed by atoms with E-state index in [2.05, 4.69) is 5.32 Å². The third-order valence-electron chi connectivity index (χ3n) is 2.21. The Morgan fingerprint density at radius 3 is 2.74 bits per heavy atom. The third kappa shape index (κ3) is 4.84. The Labute approximate surface area is 109 Å². The van der Waals surface area contributed by atoms with Crippen molar-refractivity contribution in [1.29, 1.82) is 0 Å². The Morgan fingerprint density at radius 1 is 1.37 bits per heavy atom. The zero-order valence-corrected chi connectivity index (χ0v) is 10.4. The number of carbonyl (C=O) groups excluding carboxylic acids is 1. The average Bonchev–Trinajstić information content (AvgIpc) is 2.38. The van der Waals surface area contributed by atoms with Gasteiger partial charge in [0.15, 0.2) is 0 Å². The highest BCUT2D eigenvalue weighted by Crippen LogP contribution is 2.22. The van der Waals surface area contributed by atoms with Gasteiger partial charge in [-0.15, -0.1) is 0 Å². The molecule has 7 nitrogen and oxygen atoms in total. The van der Waals surface area contributed by atoms with Crippen molar-refractivity contribution in [3.63, 3.8) is 0 Å². The van der Waals surface area contributed by atoms with E-state index in [1.54, 1.807) is 0 Å². The second kappa shape index (κ2) is 7.22. The molecule has 3 N–H and O–H groups in total. The number of carboxylic acids is 1. The summed E-state index contributed by atoms with van der Waals surface area (Å²) in [6, 6.07) is 4.29. The molecule has 1 aromatic carbocycles. The number of carbonyl (C=O) groups is 2. The van der Waals surface area contributed by atoms with Crippen molar-refractivity contribution in [3.8, 4) is 11.5 Å². The van der Waals surface area contributed by atoms with Gasteiger partial charge in [0.25, 0.3) is 5.91 Å². The second-order valence-corrected chi connectivity index (χ2v) is 3.59. The Morgan fingerprint density at radius 2 is 2.11 bits per heavy atom. The molecule has 104 valence electrons. The first-order chi connectivity index (χ1) is 9.04. The van der Waals surface area contributed by atoms with Crippen LogP contribution in [0.2, 0.25) is 0 Å². The number of hydrogen-bond donors (Lipinski definition) is 3.